The molecule has 1 amide bonds. The lowest BCUT2D eigenvalue weighted by molar-refractivity contribution is -0.123. The molecule has 1 heterocycles. The predicted molar refractivity (Wildman–Crippen MR) is 83.3 cm³/mol. The number of amides is 1. The first-order valence-corrected chi connectivity index (χ1v) is 8.11. The van der Waals surface area contributed by atoms with Crippen molar-refractivity contribution in [3.05, 3.63) is 15.8 Å². The van der Waals surface area contributed by atoms with E-state index in [1.165, 1.54) is 11.3 Å². The quantitative estimate of drug-likeness (QED) is 0.734. The van der Waals surface area contributed by atoms with Gasteiger partial charge in [0.05, 0.1) is 0 Å². The summed E-state index contributed by atoms with van der Waals surface area (Å²) in [7, 11) is 0. The summed E-state index contributed by atoms with van der Waals surface area (Å²) in [5, 5.41) is 12.0. The topological polar surface area (TPSA) is 75.6 Å². The number of carbonyl (C=O) groups excluding carboxylic acids is 1. The van der Waals surface area contributed by atoms with Crippen LogP contribution in [0.25, 0.3) is 0 Å². The van der Waals surface area contributed by atoms with E-state index in [9.17, 15) is 9.59 Å². The third-order valence-electron chi connectivity index (χ3n) is 3.15. The molecule has 0 saturated heterocycles. The van der Waals surface area contributed by atoms with Gasteiger partial charge in [-0.15, -0.1) is 11.3 Å². The monoisotopic (exact) mass is 313 g/mol. The van der Waals surface area contributed by atoms with Crippen molar-refractivity contribution >= 4 is 23.2 Å². The first kappa shape index (κ1) is 17.5. The lowest BCUT2D eigenvalue weighted by Crippen LogP contribution is -2.37. The fourth-order valence-corrected chi connectivity index (χ4v) is 2.99. The zero-order valence-corrected chi connectivity index (χ0v) is 13.6. The molecule has 1 rings (SSSR count). The molecule has 0 unspecified atom stereocenters. The first-order valence-electron chi connectivity index (χ1n) is 7.29. The van der Waals surface area contributed by atoms with E-state index < -0.39 is 5.97 Å². The van der Waals surface area contributed by atoms with Gasteiger partial charge in [0, 0.05) is 10.9 Å². The SMILES string of the molecule is CCCc1cc(OCC(=O)NC(CC)CC)c(C(=O)O)s1. The lowest BCUT2D eigenvalue weighted by atomic mass is 10.2. The van der Waals surface area contributed by atoms with Crippen molar-refractivity contribution in [2.45, 2.75) is 52.5 Å². The predicted octanol–water partition coefficient (Wildman–Crippen LogP) is 3.08. The number of ether oxygens (including phenoxy) is 1. The fraction of sp³-hybridized carbons (Fsp3) is 0.600. The molecule has 118 valence electrons. The summed E-state index contributed by atoms with van der Waals surface area (Å²) >= 11 is 1.21. The molecular weight excluding hydrogens is 290 g/mol. The molecule has 1 aromatic heterocycles. The number of aromatic carboxylic acids is 1. The van der Waals surface area contributed by atoms with Crippen molar-refractivity contribution in [3.63, 3.8) is 0 Å². The molecule has 1 aromatic rings. The summed E-state index contributed by atoms with van der Waals surface area (Å²) in [4.78, 5) is 24.1. The molecule has 0 aliphatic rings. The van der Waals surface area contributed by atoms with E-state index in [1.807, 2.05) is 20.8 Å². The lowest BCUT2D eigenvalue weighted by Gasteiger charge is -2.14. The van der Waals surface area contributed by atoms with Crippen molar-refractivity contribution in [1.29, 1.82) is 0 Å². The number of carboxylic acids is 1. The molecule has 0 aliphatic heterocycles. The van der Waals surface area contributed by atoms with Crippen LogP contribution in [0.2, 0.25) is 0 Å². The highest BCUT2D eigenvalue weighted by molar-refractivity contribution is 7.14. The number of carbonyl (C=O) groups is 2. The fourth-order valence-electron chi connectivity index (χ4n) is 1.95. The van der Waals surface area contributed by atoms with Crippen LogP contribution in [0.3, 0.4) is 0 Å². The van der Waals surface area contributed by atoms with Crippen molar-refractivity contribution in [2.24, 2.45) is 0 Å². The average molecular weight is 313 g/mol. The van der Waals surface area contributed by atoms with E-state index in [-0.39, 0.29) is 29.2 Å². The van der Waals surface area contributed by atoms with Gasteiger partial charge >= 0.3 is 5.97 Å². The van der Waals surface area contributed by atoms with E-state index in [0.717, 1.165) is 30.6 Å². The Bertz CT molecular complexity index is 480. The number of hydrogen-bond acceptors (Lipinski definition) is 4. The minimum atomic E-state index is -1.02. The second-order valence-corrected chi connectivity index (χ2v) is 5.97. The first-order chi connectivity index (χ1) is 10.0. The van der Waals surface area contributed by atoms with Crippen LogP contribution < -0.4 is 10.1 Å². The van der Waals surface area contributed by atoms with Gasteiger partial charge in [-0.25, -0.2) is 4.79 Å². The van der Waals surface area contributed by atoms with Gasteiger partial charge in [-0.2, -0.15) is 0 Å². The van der Waals surface area contributed by atoms with Gasteiger partial charge in [0.25, 0.3) is 5.91 Å². The molecule has 6 heteroatoms. The van der Waals surface area contributed by atoms with E-state index in [0.29, 0.717) is 0 Å². The molecule has 0 bridgehead atoms. The highest BCUT2D eigenvalue weighted by atomic mass is 32.1. The molecular formula is C15H23NO4S. The smallest absolute Gasteiger partial charge is 0.349 e. The summed E-state index contributed by atoms with van der Waals surface area (Å²) in [5.74, 6) is -0.948. The Kier molecular flexibility index (Phi) is 7.22. The third-order valence-corrected chi connectivity index (χ3v) is 4.31. The minimum Gasteiger partial charge on any atom is -0.482 e. The number of hydrogen-bond donors (Lipinski definition) is 2. The van der Waals surface area contributed by atoms with E-state index in [4.69, 9.17) is 9.84 Å². The summed E-state index contributed by atoms with van der Waals surface area (Å²) in [6.45, 7) is 5.89. The summed E-state index contributed by atoms with van der Waals surface area (Å²) in [5.41, 5.74) is 0. The van der Waals surface area contributed by atoms with Gasteiger partial charge in [0.15, 0.2) is 11.5 Å². The van der Waals surface area contributed by atoms with Gasteiger partial charge in [0.2, 0.25) is 0 Å². The second kappa shape index (κ2) is 8.67. The van der Waals surface area contributed by atoms with Crippen molar-refractivity contribution in [1.82, 2.24) is 5.32 Å². The molecule has 5 nitrogen and oxygen atoms in total. The van der Waals surface area contributed by atoms with Crippen LogP contribution in [0.15, 0.2) is 6.07 Å². The van der Waals surface area contributed by atoms with Crippen LogP contribution in [0.1, 0.15) is 54.6 Å². The Morgan fingerprint density at radius 3 is 2.52 bits per heavy atom. The standard InChI is InChI=1S/C15H23NO4S/c1-4-7-11-8-12(14(21-11)15(18)19)20-9-13(17)16-10(5-2)6-3/h8,10H,4-7,9H2,1-3H3,(H,16,17)(H,18,19). The average Bonchev–Trinajstić information content (AvgIpc) is 2.86. The van der Waals surface area contributed by atoms with Crippen LogP contribution >= 0.6 is 11.3 Å². The summed E-state index contributed by atoms with van der Waals surface area (Å²) in [6.07, 6.45) is 3.48. The Hall–Kier alpha value is -1.56. The van der Waals surface area contributed by atoms with Crippen LogP contribution in [0.4, 0.5) is 0 Å². The number of carboxylic acid groups (broad SMARTS) is 1. The van der Waals surface area contributed by atoms with E-state index in [1.54, 1.807) is 6.07 Å². The molecule has 0 spiro atoms. The molecule has 21 heavy (non-hydrogen) atoms. The number of rotatable bonds is 9. The highest BCUT2D eigenvalue weighted by Gasteiger charge is 2.18. The van der Waals surface area contributed by atoms with Crippen LogP contribution in [0.5, 0.6) is 5.75 Å². The van der Waals surface area contributed by atoms with Gasteiger partial charge in [-0.3, -0.25) is 4.79 Å². The summed E-state index contributed by atoms with van der Waals surface area (Å²) < 4.78 is 5.39. The van der Waals surface area contributed by atoms with Crippen molar-refractivity contribution in [3.8, 4) is 5.75 Å². The van der Waals surface area contributed by atoms with Crippen LogP contribution in [-0.4, -0.2) is 29.6 Å². The van der Waals surface area contributed by atoms with Crippen molar-refractivity contribution < 1.29 is 19.4 Å². The van der Waals surface area contributed by atoms with E-state index in [2.05, 4.69) is 5.32 Å². The van der Waals surface area contributed by atoms with Gasteiger partial charge < -0.3 is 15.2 Å². The number of nitrogens with one attached hydrogen (secondary N) is 1. The van der Waals surface area contributed by atoms with Crippen LogP contribution in [-0.2, 0) is 11.2 Å². The maximum Gasteiger partial charge on any atom is 0.349 e. The molecule has 0 radical (unpaired) electrons. The summed E-state index contributed by atoms with van der Waals surface area (Å²) in [6, 6.07) is 1.86. The normalized spacial score (nSPS) is 10.7. The molecule has 0 aromatic carbocycles. The zero-order valence-electron chi connectivity index (χ0n) is 12.8. The maximum absolute atomic E-state index is 11.8. The van der Waals surface area contributed by atoms with Gasteiger partial charge in [0.1, 0.15) is 5.75 Å². The molecule has 0 fully saturated rings. The Morgan fingerprint density at radius 1 is 1.33 bits per heavy atom. The number of aryl methyl sites for hydroxylation is 1. The molecule has 0 atom stereocenters. The number of thiophene rings is 1. The Balaban J connectivity index is 2.65. The third kappa shape index (κ3) is 5.38. The van der Waals surface area contributed by atoms with Crippen LogP contribution in [0, 0.1) is 0 Å². The Morgan fingerprint density at radius 2 is 2.00 bits per heavy atom. The maximum atomic E-state index is 11.8. The largest absolute Gasteiger partial charge is 0.482 e. The molecule has 0 saturated carbocycles. The minimum absolute atomic E-state index is 0.137. The second-order valence-electron chi connectivity index (χ2n) is 4.83. The highest BCUT2D eigenvalue weighted by Crippen LogP contribution is 2.30. The zero-order chi connectivity index (χ0) is 15.8. The van der Waals surface area contributed by atoms with Gasteiger partial charge in [-0.05, 0) is 25.3 Å². The van der Waals surface area contributed by atoms with Crippen molar-refractivity contribution in [2.75, 3.05) is 6.61 Å². The molecule has 0 aliphatic carbocycles. The van der Waals surface area contributed by atoms with Gasteiger partial charge in [-0.1, -0.05) is 27.2 Å². The Labute approximate surface area is 129 Å². The molecule has 2 N–H and O–H groups in total. The van der Waals surface area contributed by atoms with E-state index >= 15 is 0 Å².